The SMILES string of the molecule is CC(C)N1CCCCC1Cc1nc2cccnc2n1C(C)C. The predicted octanol–water partition coefficient (Wildman–Crippen LogP) is 3.82. The summed E-state index contributed by atoms with van der Waals surface area (Å²) >= 11 is 0. The minimum atomic E-state index is 0.394. The lowest BCUT2D eigenvalue weighted by Crippen LogP contribution is -2.45. The number of piperidine rings is 1. The van der Waals surface area contributed by atoms with Crippen LogP contribution in [0.1, 0.15) is 58.8 Å². The molecule has 0 aliphatic carbocycles. The van der Waals surface area contributed by atoms with Crippen LogP contribution >= 0.6 is 0 Å². The van der Waals surface area contributed by atoms with Gasteiger partial charge in [0.25, 0.3) is 0 Å². The summed E-state index contributed by atoms with van der Waals surface area (Å²) in [4.78, 5) is 12.1. The lowest BCUT2D eigenvalue weighted by molar-refractivity contribution is 0.109. The number of aromatic nitrogens is 3. The van der Waals surface area contributed by atoms with Gasteiger partial charge in [0.1, 0.15) is 11.3 Å². The van der Waals surface area contributed by atoms with Crippen molar-refractivity contribution < 1.29 is 0 Å². The van der Waals surface area contributed by atoms with Crippen molar-refractivity contribution in [2.45, 2.75) is 71.5 Å². The predicted molar refractivity (Wildman–Crippen MR) is 91.1 cm³/mol. The first-order valence-corrected chi connectivity index (χ1v) is 8.65. The Labute approximate surface area is 133 Å². The van der Waals surface area contributed by atoms with Crippen LogP contribution in [0, 0.1) is 0 Å². The highest BCUT2D eigenvalue weighted by molar-refractivity contribution is 5.71. The molecule has 1 aliphatic heterocycles. The number of hydrogen-bond acceptors (Lipinski definition) is 3. The van der Waals surface area contributed by atoms with Gasteiger partial charge < -0.3 is 4.57 Å². The molecule has 0 aromatic carbocycles. The summed E-state index contributed by atoms with van der Waals surface area (Å²) in [5.74, 6) is 1.20. The molecule has 0 N–H and O–H groups in total. The summed E-state index contributed by atoms with van der Waals surface area (Å²) in [5, 5.41) is 0. The van der Waals surface area contributed by atoms with Crippen molar-refractivity contribution in [3.63, 3.8) is 0 Å². The van der Waals surface area contributed by atoms with Crippen molar-refractivity contribution >= 4 is 11.2 Å². The zero-order chi connectivity index (χ0) is 15.7. The lowest BCUT2D eigenvalue weighted by Gasteiger charge is -2.38. The molecule has 120 valence electrons. The minimum Gasteiger partial charge on any atom is -0.310 e. The number of likely N-dealkylation sites (tertiary alicyclic amines) is 1. The van der Waals surface area contributed by atoms with E-state index in [2.05, 4.69) is 48.2 Å². The van der Waals surface area contributed by atoms with E-state index in [0.717, 1.165) is 17.6 Å². The number of pyridine rings is 1. The summed E-state index contributed by atoms with van der Waals surface area (Å²) < 4.78 is 2.32. The minimum absolute atomic E-state index is 0.394. The zero-order valence-electron chi connectivity index (χ0n) is 14.3. The fourth-order valence-electron chi connectivity index (χ4n) is 3.80. The van der Waals surface area contributed by atoms with Crippen LogP contribution in [0.3, 0.4) is 0 Å². The molecule has 0 saturated carbocycles. The number of rotatable bonds is 4. The molecule has 1 atom stereocenters. The van der Waals surface area contributed by atoms with Gasteiger partial charge >= 0.3 is 0 Å². The van der Waals surface area contributed by atoms with Gasteiger partial charge in [0.2, 0.25) is 0 Å². The third-order valence-electron chi connectivity index (χ3n) is 4.79. The molecule has 2 aromatic heterocycles. The molecular formula is C18H28N4. The molecule has 1 saturated heterocycles. The van der Waals surface area contributed by atoms with Crippen molar-refractivity contribution in [1.82, 2.24) is 19.4 Å². The Hall–Kier alpha value is -1.42. The Morgan fingerprint density at radius 1 is 1.18 bits per heavy atom. The van der Waals surface area contributed by atoms with Crippen molar-refractivity contribution in [3.8, 4) is 0 Å². The highest BCUT2D eigenvalue weighted by Crippen LogP contribution is 2.25. The van der Waals surface area contributed by atoms with Crippen LogP contribution < -0.4 is 0 Å². The maximum Gasteiger partial charge on any atom is 0.160 e. The smallest absolute Gasteiger partial charge is 0.160 e. The Balaban J connectivity index is 1.94. The van der Waals surface area contributed by atoms with Gasteiger partial charge in [-0.05, 0) is 59.2 Å². The van der Waals surface area contributed by atoms with E-state index in [9.17, 15) is 0 Å². The van der Waals surface area contributed by atoms with Crippen molar-refractivity contribution in [1.29, 1.82) is 0 Å². The second-order valence-electron chi connectivity index (χ2n) is 7.02. The quantitative estimate of drug-likeness (QED) is 0.861. The van der Waals surface area contributed by atoms with Crippen LogP contribution in [0.2, 0.25) is 0 Å². The second kappa shape index (κ2) is 6.37. The molecule has 1 aliphatic rings. The van der Waals surface area contributed by atoms with Gasteiger partial charge in [-0.15, -0.1) is 0 Å². The second-order valence-corrected chi connectivity index (χ2v) is 7.02. The van der Waals surface area contributed by atoms with Crippen LogP contribution in [-0.4, -0.2) is 38.1 Å². The van der Waals surface area contributed by atoms with E-state index < -0.39 is 0 Å². The molecular weight excluding hydrogens is 272 g/mol. The summed E-state index contributed by atoms with van der Waals surface area (Å²) in [6, 6.07) is 5.67. The Morgan fingerprint density at radius 3 is 2.73 bits per heavy atom. The largest absolute Gasteiger partial charge is 0.310 e. The third-order valence-corrected chi connectivity index (χ3v) is 4.79. The maximum absolute atomic E-state index is 4.90. The molecule has 4 heteroatoms. The van der Waals surface area contributed by atoms with Gasteiger partial charge in [0.05, 0.1) is 0 Å². The summed E-state index contributed by atoms with van der Waals surface area (Å²) in [6.07, 6.45) is 6.86. The molecule has 0 radical (unpaired) electrons. The molecule has 0 spiro atoms. The number of fused-ring (bicyclic) bond motifs is 1. The lowest BCUT2D eigenvalue weighted by atomic mass is 9.97. The van der Waals surface area contributed by atoms with E-state index in [-0.39, 0.29) is 0 Å². The van der Waals surface area contributed by atoms with Gasteiger partial charge in [0.15, 0.2) is 5.65 Å². The summed E-state index contributed by atoms with van der Waals surface area (Å²) in [5.41, 5.74) is 2.05. The summed E-state index contributed by atoms with van der Waals surface area (Å²) in [7, 11) is 0. The van der Waals surface area contributed by atoms with Crippen LogP contribution in [0.4, 0.5) is 0 Å². The first kappa shape index (κ1) is 15.5. The van der Waals surface area contributed by atoms with Crippen LogP contribution in [0.25, 0.3) is 11.2 Å². The van der Waals surface area contributed by atoms with Gasteiger partial charge in [-0.1, -0.05) is 6.42 Å². The van der Waals surface area contributed by atoms with Crippen molar-refractivity contribution in [2.75, 3.05) is 6.54 Å². The van der Waals surface area contributed by atoms with E-state index in [1.165, 1.54) is 31.6 Å². The topological polar surface area (TPSA) is 34.0 Å². The average Bonchev–Trinajstić information content (AvgIpc) is 2.85. The van der Waals surface area contributed by atoms with E-state index in [1.54, 1.807) is 0 Å². The van der Waals surface area contributed by atoms with Gasteiger partial charge in [-0.25, -0.2) is 9.97 Å². The highest BCUT2D eigenvalue weighted by Gasteiger charge is 2.27. The molecule has 1 fully saturated rings. The fourth-order valence-corrected chi connectivity index (χ4v) is 3.80. The molecule has 0 bridgehead atoms. The molecule has 1 unspecified atom stereocenters. The first-order chi connectivity index (χ1) is 10.6. The Kier molecular flexibility index (Phi) is 4.48. The van der Waals surface area contributed by atoms with Gasteiger partial charge in [-0.3, -0.25) is 4.90 Å². The highest BCUT2D eigenvalue weighted by atomic mass is 15.2. The van der Waals surface area contributed by atoms with E-state index >= 15 is 0 Å². The molecule has 4 nitrogen and oxygen atoms in total. The molecule has 0 amide bonds. The fraction of sp³-hybridized carbons (Fsp3) is 0.667. The van der Waals surface area contributed by atoms with Crippen molar-refractivity contribution in [2.24, 2.45) is 0 Å². The number of hydrogen-bond donors (Lipinski definition) is 0. The van der Waals surface area contributed by atoms with Crippen LogP contribution in [-0.2, 0) is 6.42 Å². The van der Waals surface area contributed by atoms with Crippen molar-refractivity contribution in [3.05, 3.63) is 24.2 Å². The van der Waals surface area contributed by atoms with E-state index in [1.807, 2.05) is 12.3 Å². The van der Waals surface area contributed by atoms with E-state index in [4.69, 9.17) is 4.98 Å². The molecule has 3 rings (SSSR count). The van der Waals surface area contributed by atoms with Crippen LogP contribution in [0.15, 0.2) is 18.3 Å². The third kappa shape index (κ3) is 2.89. The van der Waals surface area contributed by atoms with Gasteiger partial charge in [0, 0.05) is 30.7 Å². The zero-order valence-corrected chi connectivity index (χ0v) is 14.3. The average molecular weight is 300 g/mol. The van der Waals surface area contributed by atoms with Crippen LogP contribution in [0.5, 0.6) is 0 Å². The van der Waals surface area contributed by atoms with E-state index in [0.29, 0.717) is 18.1 Å². The summed E-state index contributed by atoms with van der Waals surface area (Å²) in [6.45, 7) is 10.3. The molecule has 2 aromatic rings. The Bertz CT molecular complexity index is 629. The Morgan fingerprint density at radius 2 is 2.00 bits per heavy atom. The molecule has 3 heterocycles. The number of imidazole rings is 1. The first-order valence-electron chi connectivity index (χ1n) is 8.65. The normalized spacial score (nSPS) is 20.4. The standard InChI is InChI=1S/C18H28N4/c1-13(2)21-11-6-5-8-15(21)12-17-20-16-9-7-10-19-18(16)22(17)14(3)4/h7,9-10,13-15H,5-6,8,11-12H2,1-4H3. The maximum atomic E-state index is 4.90. The molecule has 22 heavy (non-hydrogen) atoms. The monoisotopic (exact) mass is 300 g/mol. The van der Waals surface area contributed by atoms with Gasteiger partial charge in [-0.2, -0.15) is 0 Å². The number of nitrogens with zero attached hydrogens (tertiary/aromatic N) is 4.